The number of carbonyl (C=O) groups is 1. The summed E-state index contributed by atoms with van der Waals surface area (Å²) < 4.78 is 116. The fourth-order valence-electron chi connectivity index (χ4n) is 13.5. The maximum Gasteiger partial charge on any atom is 0.302 e. The summed E-state index contributed by atoms with van der Waals surface area (Å²) in [7, 11) is 0. The van der Waals surface area contributed by atoms with Gasteiger partial charge in [0.2, 0.25) is 0 Å². The Bertz CT molecular complexity index is 4020. The van der Waals surface area contributed by atoms with E-state index in [1.165, 1.54) is 6.92 Å². The Morgan fingerprint density at radius 1 is 0.312 bits per heavy atom. The Morgan fingerprint density at radius 2 is 0.578 bits per heavy atom. The first kappa shape index (κ1) is 79.7. The van der Waals surface area contributed by atoms with Crippen LogP contribution in [-0.4, -0.2) is 131 Å². The molecule has 0 unspecified atom stereocenters. The molecule has 0 amide bonds. The third kappa shape index (κ3) is 25.1. The molecule has 3 aliphatic heterocycles. The normalized spacial score (nSPS) is 24.0. The molecule has 3 fully saturated rings. The van der Waals surface area contributed by atoms with Crippen molar-refractivity contribution >= 4 is 5.97 Å². The molecule has 20 nitrogen and oxygen atoms in total. The maximum absolute atomic E-state index is 13.2. The second-order valence-corrected chi connectivity index (χ2v) is 27.2. The van der Waals surface area contributed by atoms with Crippen molar-refractivity contribution in [3.8, 4) is 0 Å². The van der Waals surface area contributed by atoms with Gasteiger partial charge in [-0.2, -0.15) is 0 Å². The fourth-order valence-corrected chi connectivity index (χ4v) is 13.5. The lowest BCUT2D eigenvalue weighted by molar-refractivity contribution is -0.406. The molecule has 0 radical (unpaired) electrons. The van der Waals surface area contributed by atoms with Crippen LogP contribution in [0.2, 0.25) is 0 Å². The first-order valence-corrected chi connectivity index (χ1v) is 37.7. The van der Waals surface area contributed by atoms with Gasteiger partial charge in [0, 0.05) is 25.0 Å². The predicted molar refractivity (Wildman–Crippen MR) is 408 cm³/mol. The van der Waals surface area contributed by atoms with Crippen LogP contribution in [-0.2, 0) is 140 Å². The van der Waals surface area contributed by atoms with Crippen molar-refractivity contribution in [2.24, 2.45) is 5.11 Å². The summed E-state index contributed by atoms with van der Waals surface area (Å²) in [6.45, 7) is 3.04. The number of nitrogens with zero attached hydrogens (tertiary/aromatic N) is 3. The number of esters is 1. The van der Waals surface area contributed by atoms with Crippen LogP contribution in [0.15, 0.2) is 278 Å². The highest BCUT2D eigenvalue weighted by Crippen LogP contribution is 2.40. The Kier molecular flexibility index (Phi) is 32.3. The molecule has 0 bridgehead atoms. The summed E-state index contributed by atoms with van der Waals surface area (Å²) in [5.74, 6) is -0.536. The number of ether oxygens (including phenoxy) is 16. The highest BCUT2D eigenvalue weighted by molar-refractivity contribution is 5.65. The van der Waals surface area contributed by atoms with Gasteiger partial charge in [-0.15, -0.1) is 0 Å². The van der Waals surface area contributed by atoms with Crippen LogP contribution in [0.5, 0.6) is 0 Å². The van der Waals surface area contributed by atoms with Gasteiger partial charge in [0.05, 0.1) is 72.7 Å². The molecule has 3 heterocycles. The van der Waals surface area contributed by atoms with E-state index in [2.05, 4.69) is 10.0 Å². The van der Waals surface area contributed by atoms with E-state index in [9.17, 15) is 4.79 Å². The highest BCUT2D eigenvalue weighted by atomic mass is 16.8. The first-order chi connectivity index (χ1) is 53.9. The summed E-state index contributed by atoms with van der Waals surface area (Å²) >= 11 is 0. The predicted octanol–water partition coefficient (Wildman–Crippen LogP) is 15.9. The Hall–Kier alpha value is -8.84. The molecule has 3 saturated heterocycles. The van der Waals surface area contributed by atoms with E-state index in [4.69, 9.17) is 81.3 Å². The minimum Gasteiger partial charge on any atom is -0.463 e. The number of unbranched alkanes of at least 4 members (excludes halogenated alkanes) is 3. The number of benzene rings is 9. The minimum absolute atomic E-state index is 0.0203. The van der Waals surface area contributed by atoms with Crippen LogP contribution >= 0.6 is 0 Å². The van der Waals surface area contributed by atoms with Crippen LogP contribution in [0, 0.1) is 0 Å². The van der Waals surface area contributed by atoms with Gasteiger partial charge in [0.25, 0.3) is 0 Å². The highest BCUT2D eigenvalue weighted by Gasteiger charge is 2.58. The lowest BCUT2D eigenvalue weighted by Crippen LogP contribution is -2.68. The zero-order valence-corrected chi connectivity index (χ0v) is 61.7. The molecular weight excluding hydrogens is 1380 g/mol. The Balaban J connectivity index is 1.01. The molecular formula is C89H99N3O17. The third-order valence-electron chi connectivity index (χ3n) is 19.1. The molecule has 0 saturated carbocycles. The van der Waals surface area contributed by atoms with Crippen molar-refractivity contribution in [2.45, 2.75) is 184 Å². The van der Waals surface area contributed by atoms with E-state index >= 15 is 0 Å². The zero-order valence-electron chi connectivity index (χ0n) is 61.7. The summed E-state index contributed by atoms with van der Waals surface area (Å²) in [5, 5.41) is 3.78. The van der Waals surface area contributed by atoms with Crippen LogP contribution in [0.3, 0.4) is 0 Å². The van der Waals surface area contributed by atoms with Crippen molar-refractivity contribution in [2.75, 3.05) is 33.0 Å². The molecule has 20 heteroatoms. The third-order valence-corrected chi connectivity index (χ3v) is 19.1. The van der Waals surface area contributed by atoms with Gasteiger partial charge in [-0.05, 0) is 68.4 Å². The Labute approximate surface area is 639 Å². The van der Waals surface area contributed by atoms with Gasteiger partial charge < -0.3 is 75.8 Å². The quantitative estimate of drug-likeness (QED) is 0.0114. The van der Waals surface area contributed by atoms with Crippen molar-refractivity contribution in [1.29, 1.82) is 0 Å². The van der Waals surface area contributed by atoms with Gasteiger partial charge in [0.1, 0.15) is 79.9 Å². The van der Waals surface area contributed by atoms with Crippen LogP contribution in [0.4, 0.5) is 0 Å². The first-order valence-electron chi connectivity index (χ1n) is 37.7. The Morgan fingerprint density at radius 3 is 0.908 bits per heavy atom. The van der Waals surface area contributed by atoms with Gasteiger partial charge in [-0.25, -0.2) is 0 Å². The van der Waals surface area contributed by atoms with E-state index < -0.39 is 98.1 Å². The van der Waals surface area contributed by atoms with Crippen molar-refractivity contribution < 1.29 is 80.6 Å². The van der Waals surface area contributed by atoms with Crippen molar-refractivity contribution in [3.63, 3.8) is 0 Å². The summed E-state index contributed by atoms with van der Waals surface area (Å²) in [6.07, 6.45) is -13.6. The summed E-state index contributed by atoms with van der Waals surface area (Å²) in [4.78, 5) is 16.2. The summed E-state index contributed by atoms with van der Waals surface area (Å²) in [5.41, 5.74) is 17.2. The van der Waals surface area contributed by atoms with Crippen LogP contribution < -0.4 is 0 Å². The molecule has 3 aliphatic rings. The van der Waals surface area contributed by atoms with Crippen LogP contribution in [0.25, 0.3) is 10.4 Å². The van der Waals surface area contributed by atoms with E-state index in [0.717, 1.165) is 62.9 Å². The molecule has 0 aliphatic carbocycles. The number of azide groups is 1. The zero-order chi connectivity index (χ0) is 74.7. The molecule has 0 aromatic heterocycles. The molecule has 9 aromatic carbocycles. The number of carbonyl (C=O) groups excluding carboxylic acids is 1. The van der Waals surface area contributed by atoms with E-state index in [1.54, 1.807) is 0 Å². The molecule has 0 spiro atoms. The molecule has 12 rings (SSSR count). The molecule has 109 heavy (non-hydrogen) atoms. The molecule has 9 aromatic rings. The lowest BCUT2D eigenvalue weighted by atomic mass is 9.95. The van der Waals surface area contributed by atoms with Crippen LogP contribution in [0.1, 0.15) is 82.7 Å². The average Bonchev–Trinajstić information content (AvgIpc) is 0.771. The average molecular weight is 1480 g/mol. The van der Waals surface area contributed by atoms with Gasteiger partial charge in [-0.3, -0.25) is 4.79 Å². The van der Waals surface area contributed by atoms with E-state index in [-0.39, 0.29) is 85.9 Å². The maximum atomic E-state index is 13.2. The molecule has 0 N–H and O–H groups in total. The van der Waals surface area contributed by atoms with Crippen molar-refractivity contribution in [1.82, 2.24) is 0 Å². The number of hydrogen-bond acceptors (Lipinski definition) is 18. The SMILES string of the molecule is CC(=O)OC[C@H]1O[C@H](O[C@@H]2[C@@H](O[C@@H]3[C@@H](OCCCCCCN=[N+]=[N-])O[C@H](COCc4ccccc4)[C@@H](OCc4ccccc4)[C@@H]3OCc3ccccc3)O[C@H](COCc3ccccc3)[C@@H](OCc3ccccc3)[C@@H]2OCc2ccccc2)[C@@H](OCc2ccccc2)[C@@H](OCc2ccccc2)[C@@H]1OCc1ccccc1. The van der Waals surface area contributed by atoms with E-state index in [0.29, 0.717) is 19.4 Å². The van der Waals surface area contributed by atoms with Gasteiger partial charge in [-0.1, -0.05) is 291 Å². The standard InChI is InChI=1S/C89H99N3O17/c1-65(93)97-64-77-80(100-57-70-41-21-8-22-42-70)81(101-58-71-43-23-9-24-44-71)84(104-61-74-49-29-12-30-50-74)88(107-77)109-86-83(103-60-73-47-27-11-28-48-73)79(99-56-69-39-19-7-20-40-69)76(63-95-54-67-35-15-5-16-36-67)106-89(86)108-85-82(102-59-72-45-25-10-26-46-72)78(98-55-68-37-17-6-18-38-68)75(62-94-53-66-33-13-4-14-34-66)105-87(85)96-52-32-3-2-31-51-91-92-90/h4-30,33-50,75-89H,2-3,31-32,51-64H2,1H3/t75-,76-,77-,78-,79-,80-,81+,82+,83+,84+,85+,86+,87+,88-,89-/m1/s1. The second-order valence-electron chi connectivity index (χ2n) is 27.2. The second kappa shape index (κ2) is 44.1. The minimum atomic E-state index is -1.48. The van der Waals surface area contributed by atoms with Gasteiger partial charge >= 0.3 is 5.97 Å². The largest absolute Gasteiger partial charge is 0.463 e. The van der Waals surface area contributed by atoms with E-state index in [1.807, 2.05) is 273 Å². The lowest BCUT2D eigenvalue weighted by Gasteiger charge is -2.52. The smallest absolute Gasteiger partial charge is 0.302 e. The van der Waals surface area contributed by atoms with Crippen molar-refractivity contribution in [3.05, 3.63) is 334 Å². The number of rotatable bonds is 43. The number of hydrogen-bond donors (Lipinski definition) is 0. The molecule has 15 atom stereocenters. The topological polar surface area (TPSA) is 214 Å². The fraction of sp³-hybridized carbons (Fsp3) is 0.382. The summed E-state index contributed by atoms with van der Waals surface area (Å²) in [6, 6.07) is 89.0. The molecule has 572 valence electrons. The van der Waals surface area contributed by atoms with Gasteiger partial charge in [0.15, 0.2) is 18.9 Å². The monoisotopic (exact) mass is 1480 g/mol.